The van der Waals surface area contributed by atoms with Crippen LogP contribution >= 0.6 is 11.3 Å². The molecule has 3 aromatic carbocycles. The molecule has 1 aromatic heterocycles. The van der Waals surface area contributed by atoms with Gasteiger partial charge in [0.15, 0.2) is 5.13 Å². The molecule has 1 unspecified atom stereocenters. The molecule has 1 N–H and O–H groups in total. The third-order valence-corrected chi connectivity index (χ3v) is 8.37. The lowest BCUT2D eigenvalue weighted by atomic mass is 10.1. The Labute approximate surface area is 212 Å². The van der Waals surface area contributed by atoms with Crippen LogP contribution in [0.2, 0.25) is 0 Å². The molecule has 36 heavy (non-hydrogen) atoms. The number of aryl methyl sites for hydroxylation is 1. The largest absolute Gasteiger partial charge is 0.376 e. The topological polar surface area (TPSA) is 88.6 Å². The van der Waals surface area contributed by atoms with Gasteiger partial charge in [0.1, 0.15) is 5.82 Å². The molecule has 10 heteroatoms. The molecule has 0 saturated carbocycles. The second-order valence-corrected chi connectivity index (χ2v) is 11.3. The molecule has 0 bridgehead atoms. The molecule has 186 valence electrons. The van der Waals surface area contributed by atoms with Gasteiger partial charge >= 0.3 is 0 Å². The fraction of sp³-hybridized carbons (Fsp3) is 0.231. The molecule has 1 aliphatic rings. The van der Waals surface area contributed by atoms with Crippen LogP contribution < -0.4 is 9.62 Å². The third kappa shape index (κ3) is 5.25. The first-order chi connectivity index (χ1) is 17.3. The van der Waals surface area contributed by atoms with Crippen molar-refractivity contribution in [2.45, 2.75) is 30.8 Å². The minimum Gasteiger partial charge on any atom is -0.376 e. The lowest BCUT2D eigenvalue weighted by Crippen LogP contribution is -2.37. The van der Waals surface area contributed by atoms with Gasteiger partial charge in [-0.2, -0.15) is 0 Å². The van der Waals surface area contributed by atoms with Crippen molar-refractivity contribution in [1.29, 1.82) is 0 Å². The molecule has 1 amide bonds. The smallest absolute Gasteiger partial charge is 0.261 e. The van der Waals surface area contributed by atoms with Gasteiger partial charge in [-0.3, -0.25) is 14.4 Å². The average molecular weight is 526 g/mol. The van der Waals surface area contributed by atoms with Gasteiger partial charge in [0.05, 0.1) is 27.8 Å². The SMILES string of the molecule is Cc1ccc2nc(N(CC3CCCO3)C(=O)c3ccc(NS(=O)(=O)c4ccc(F)cc4)cc3)sc2c1. The molecule has 1 fully saturated rings. The summed E-state index contributed by atoms with van der Waals surface area (Å²) in [6, 6.07) is 16.7. The van der Waals surface area contributed by atoms with Crippen LogP contribution in [0.5, 0.6) is 0 Å². The summed E-state index contributed by atoms with van der Waals surface area (Å²) >= 11 is 1.46. The average Bonchev–Trinajstić information content (AvgIpc) is 3.52. The molecule has 7 nitrogen and oxygen atoms in total. The van der Waals surface area contributed by atoms with Gasteiger partial charge in [0.25, 0.3) is 15.9 Å². The Morgan fingerprint density at radius 2 is 1.89 bits per heavy atom. The highest BCUT2D eigenvalue weighted by Gasteiger charge is 2.27. The summed E-state index contributed by atoms with van der Waals surface area (Å²) < 4.78 is 47.6. The summed E-state index contributed by atoms with van der Waals surface area (Å²) in [5.74, 6) is -0.762. The van der Waals surface area contributed by atoms with Crippen molar-refractivity contribution in [3.05, 3.63) is 83.7 Å². The molecular formula is C26H24FN3O4S2. The molecular weight excluding hydrogens is 501 g/mol. The van der Waals surface area contributed by atoms with Crippen LogP contribution in [0.3, 0.4) is 0 Å². The van der Waals surface area contributed by atoms with E-state index in [-0.39, 0.29) is 22.6 Å². The number of anilines is 2. The summed E-state index contributed by atoms with van der Waals surface area (Å²) in [7, 11) is -3.89. The van der Waals surface area contributed by atoms with Crippen molar-refractivity contribution >= 4 is 48.3 Å². The number of thiazole rings is 1. The van der Waals surface area contributed by atoms with Crippen LogP contribution in [0.4, 0.5) is 15.2 Å². The quantitative estimate of drug-likeness (QED) is 0.350. The van der Waals surface area contributed by atoms with E-state index in [1.807, 2.05) is 25.1 Å². The third-order valence-electron chi connectivity index (χ3n) is 5.93. The number of nitrogens with one attached hydrogen (secondary N) is 1. The Bertz CT molecular complexity index is 1500. The van der Waals surface area contributed by atoms with E-state index in [2.05, 4.69) is 4.72 Å². The normalized spacial score (nSPS) is 15.8. The monoisotopic (exact) mass is 525 g/mol. The maximum Gasteiger partial charge on any atom is 0.261 e. The Morgan fingerprint density at radius 1 is 1.14 bits per heavy atom. The molecule has 1 saturated heterocycles. The van der Waals surface area contributed by atoms with Crippen molar-refractivity contribution in [2.75, 3.05) is 22.8 Å². The van der Waals surface area contributed by atoms with E-state index in [9.17, 15) is 17.6 Å². The van der Waals surface area contributed by atoms with Crippen molar-refractivity contribution in [3.8, 4) is 0 Å². The van der Waals surface area contributed by atoms with Crippen LogP contribution in [0.1, 0.15) is 28.8 Å². The summed E-state index contributed by atoms with van der Waals surface area (Å²) in [6.45, 7) is 3.07. The van der Waals surface area contributed by atoms with Crippen LogP contribution in [0.15, 0.2) is 71.6 Å². The Hall–Kier alpha value is -3.34. The highest BCUT2D eigenvalue weighted by atomic mass is 32.2. The summed E-state index contributed by atoms with van der Waals surface area (Å²) in [4.78, 5) is 19.9. The molecule has 1 aliphatic heterocycles. The fourth-order valence-corrected chi connectivity index (χ4v) is 6.17. The lowest BCUT2D eigenvalue weighted by molar-refractivity contribution is 0.0917. The number of benzene rings is 3. The standard InChI is InChI=1S/C26H24FN3O4S2/c1-17-4-13-23-24(15-17)35-26(28-23)30(16-21-3-2-14-34-21)25(31)18-5-9-20(10-6-18)29-36(32,33)22-11-7-19(27)8-12-22/h4-13,15,21,29H,2-3,14,16H2,1H3. The minimum absolute atomic E-state index is 0.0575. The Morgan fingerprint density at radius 3 is 2.58 bits per heavy atom. The van der Waals surface area contributed by atoms with E-state index in [4.69, 9.17) is 9.72 Å². The zero-order valence-corrected chi connectivity index (χ0v) is 21.1. The van der Waals surface area contributed by atoms with Gasteiger partial charge < -0.3 is 4.74 Å². The molecule has 2 heterocycles. The molecule has 0 aliphatic carbocycles. The van der Waals surface area contributed by atoms with Crippen LogP contribution in [0, 0.1) is 12.7 Å². The fourth-order valence-electron chi connectivity index (χ4n) is 4.04. The van der Waals surface area contributed by atoms with E-state index < -0.39 is 15.8 Å². The van der Waals surface area contributed by atoms with E-state index in [1.165, 1.54) is 35.6 Å². The maximum absolute atomic E-state index is 13.6. The van der Waals surface area contributed by atoms with Crippen LogP contribution in [-0.2, 0) is 14.8 Å². The Balaban J connectivity index is 1.39. The minimum atomic E-state index is -3.89. The van der Waals surface area contributed by atoms with Gasteiger partial charge in [0, 0.05) is 17.9 Å². The van der Waals surface area contributed by atoms with Gasteiger partial charge in [-0.1, -0.05) is 17.4 Å². The molecule has 1 atom stereocenters. The second-order valence-electron chi connectivity index (χ2n) is 8.66. The predicted molar refractivity (Wildman–Crippen MR) is 139 cm³/mol. The van der Waals surface area contributed by atoms with E-state index in [1.54, 1.807) is 17.0 Å². The van der Waals surface area contributed by atoms with E-state index >= 15 is 0 Å². The zero-order valence-electron chi connectivity index (χ0n) is 19.5. The molecule has 0 radical (unpaired) electrons. The number of nitrogens with zero attached hydrogens (tertiary/aromatic N) is 2. The number of hydrogen-bond acceptors (Lipinski definition) is 6. The summed E-state index contributed by atoms with van der Waals surface area (Å²) in [5.41, 5.74) is 2.63. The molecule has 0 spiro atoms. The number of rotatable bonds is 7. The number of halogens is 1. The molecule has 4 aromatic rings. The first-order valence-corrected chi connectivity index (χ1v) is 13.8. The van der Waals surface area contributed by atoms with Crippen LogP contribution in [0.25, 0.3) is 10.2 Å². The van der Waals surface area contributed by atoms with Crippen molar-refractivity contribution in [1.82, 2.24) is 4.98 Å². The number of sulfonamides is 1. The lowest BCUT2D eigenvalue weighted by Gasteiger charge is -2.23. The van der Waals surface area contributed by atoms with Crippen LogP contribution in [-0.4, -0.2) is 38.6 Å². The number of carbonyl (C=O) groups is 1. The first kappa shape index (κ1) is 24.4. The highest BCUT2D eigenvalue weighted by molar-refractivity contribution is 7.92. The number of ether oxygens (including phenoxy) is 1. The molecule has 5 rings (SSSR count). The first-order valence-electron chi connectivity index (χ1n) is 11.5. The van der Waals surface area contributed by atoms with Crippen molar-refractivity contribution < 1.29 is 22.3 Å². The van der Waals surface area contributed by atoms with E-state index in [0.29, 0.717) is 23.8 Å². The number of amides is 1. The number of carbonyl (C=O) groups excluding carboxylic acids is 1. The number of fused-ring (bicyclic) bond motifs is 1. The van der Waals surface area contributed by atoms with Crippen molar-refractivity contribution in [2.24, 2.45) is 0 Å². The van der Waals surface area contributed by atoms with Crippen molar-refractivity contribution in [3.63, 3.8) is 0 Å². The zero-order chi connectivity index (χ0) is 25.3. The van der Waals surface area contributed by atoms with Gasteiger partial charge in [0.2, 0.25) is 0 Å². The van der Waals surface area contributed by atoms with Gasteiger partial charge in [-0.25, -0.2) is 17.8 Å². The van der Waals surface area contributed by atoms with E-state index in [0.717, 1.165) is 40.8 Å². The Kier molecular flexibility index (Phi) is 6.74. The summed E-state index contributed by atoms with van der Waals surface area (Å²) in [6.07, 6.45) is 1.76. The maximum atomic E-state index is 13.6. The number of aromatic nitrogens is 1. The predicted octanol–water partition coefficient (Wildman–Crippen LogP) is 5.37. The summed E-state index contributed by atoms with van der Waals surface area (Å²) in [5, 5.41) is 0.595. The highest BCUT2D eigenvalue weighted by Crippen LogP contribution is 2.31. The van der Waals surface area contributed by atoms with Gasteiger partial charge in [-0.05, 0) is 86.0 Å². The second kappa shape index (κ2) is 9.96. The van der Waals surface area contributed by atoms with Gasteiger partial charge in [-0.15, -0.1) is 0 Å². The number of hydrogen-bond donors (Lipinski definition) is 1.